The predicted octanol–water partition coefficient (Wildman–Crippen LogP) is 2.95. The first-order valence-corrected chi connectivity index (χ1v) is 9.95. The molecule has 0 atom stereocenters. The van der Waals surface area contributed by atoms with Gasteiger partial charge in [-0.15, -0.1) is 22.7 Å². The van der Waals surface area contributed by atoms with Crippen molar-refractivity contribution < 1.29 is 13.2 Å². The smallest absolute Gasteiger partial charge is 0.355 e. The molecule has 0 bridgehead atoms. The second-order valence-electron chi connectivity index (χ2n) is 5.87. The Labute approximate surface area is 158 Å². The van der Waals surface area contributed by atoms with Crippen molar-refractivity contribution in [3.63, 3.8) is 0 Å². The van der Waals surface area contributed by atoms with Crippen molar-refractivity contribution in [1.29, 1.82) is 0 Å². The summed E-state index contributed by atoms with van der Waals surface area (Å²) in [6, 6.07) is 2.18. The predicted molar refractivity (Wildman–Crippen MR) is 98.6 cm³/mol. The molecule has 0 radical (unpaired) electrons. The number of fused-ring (bicyclic) bond motifs is 1. The van der Waals surface area contributed by atoms with Crippen molar-refractivity contribution in [2.24, 2.45) is 4.99 Å². The van der Waals surface area contributed by atoms with Crippen LogP contribution < -0.4 is 10.6 Å². The summed E-state index contributed by atoms with van der Waals surface area (Å²) in [5.74, 6) is 0.557. The molecular weight excluding hydrogens is 383 g/mol. The maximum atomic E-state index is 12.6. The Morgan fingerprint density at radius 2 is 2.19 bits per heavy atom. The van der Waals surface area contributed by atoms with Gasteiger partial charge in [-0.3, -0.25) is 9.89 Å². The molecule has 0 aliphatic carbocycles. The molecule has 1 aliphatic heterocycles. The van der Waals surface area contributed by atoms with Crippen LogP contribution in [0, 0.1) is 0 Å². The van der Waals surface area contributed by atoms with E-state index in [4.69, 9.17) is 0 Å². The normalized spacial score (nSPS) is 15.8. The van der Waals surface area contributed by atoms with Gasteiger partial charge in [-0.1, -0.05) is 0 Å². The van der Waals surface area contributed by atoms with E-state index in [9.17, 15) is 13.2 Å². The van der Waals surface area contributed by atoms with Gasteiger partial charge in [0, 0.05) is 43.5 Å². The number of alkyl halides is 3. The zero-order chi connectivity index (χ0) is 18.6. The van der Waals surface area contributed by atoms with Crippen LogP contribution in [-0.4, -0.2) is 42.5 Å². The minimum absolute atomic E-state index is 0.211. The molecule has 0 spiro atoms. The monoisotopic (exact) mass is 403 g/mol. The van der Waals surface area contributed by atoms with Crippen molar-refractivity contribution in [3.8, 4) is 0 Å². The summed E-state index contributed by atoms with van der Waals surface area (Å²) in [7, 11) is 1.64. The molecule has 2 aromatic rings. The van der Waals surface area contributed by atoms with Crippen LogP contribution in [-0.2, 0) is 25.7 Å². The molecular formula is C16H20F3N5S2. The second-order valence-corrected chi connectivity index (χ2v) is 7.82. The third-order valence-corrected chi connectivity index (χ3v) is 5.95. The van der Waals surface area contributed by atoms with E-state index >= 15 is 0 Å². The average Bonchev–Trinajstić information content (AvgIpc) is 3.26. The van der Waals surface area contributed by atoms with E-state index in [1.165, 1.54) is 10.4 Å². The van der Waals surface area contributed by atoms with Crippen LogP contribution in [0.3, 0.4) is 0 Å². The van der Waals surface area contributed by atoms with Crippen molar-refractivity contribution in [1.82, 2.24) is 20.5 Å². The standard InChI is InChI=1S/C16H20F3N5S2/c1-20-15(22-8-14-23-13(10-26-14)16(17,18)19)21-4-6-24-5-2-12-11(9-24)3-7-25-12/h3,7,10H,2,4-6,8-9H2,1H3,(H2,20,21,22). The van der Waals surface area contributed by atoms with Gasteiger partial charge in [-0.2, -0.15) is 13.2 Å². The summed E-state index contributed by atoms with van der Waals surface area (Å²) >= 11 is 2.81. The van der Waals surface area contributed by atoms with Gasteiger partial charge in [0.1, 0.15) is 5.01 Å². The average molecular weight is 403 g/mol. The quantitative estimate of drug-likeness (QED) is 0.595. The molecule has 26 heavy (non-hydrogen) atoms. The fourth-order valence-corrected chi connectivity index (χ4v) is 4.36. The number of halogens is 3. The lowest BCUT2D eigenvalue weighted by atomic mass is 10.1. The lowest BCUT2D eigenvalue weighted by molar-refractivity contribution is -0.140. The van der Waals surface area contributed by atoms with Gasteiger partial charge in [0.15, 0.2) is 11.7 Å². The van der Waals surface area contributed by atoms with E-state index < -0.39 is 11.9 Å². The molecule has 0 saturated heterocycles. The molecule has 0 aromatic carbocycles. The lowest BCUT2D eigenvalue weighted by Crippen LogP contribution is -2.42. The fourth-order valence-electron chi connectivity index (χ4n) is 2.73. The highest BCUT2D eigenvalue weighted by atomic mass is 32.1. The molecule has 1 aliphatic rings. The first-order valence-electron chi connectivity index (χ1n) is 8.19. The molecule has 0 saturated carbocycles. The van der Waals surface area contributed by atoms with Crippen LogP contribution in [0.2, 0.25) is 0 Å². The third kappa shape index (κ3) is 4.95. The molecule has 0 fully saturated rings. The number of thiophene rings is 1. The number of nitrogens with one attached hydrogen (secondary N) is 2. The van der Waals surface area contributed by atoms with E-state index in [-0.39, 0.29) is 6.54 Å². The lowest BCUT2D eigenvalue weighted by Gasteiger charge is -2.27. The van der Waals surface area contributed by atoms with E-state index in [1.54, 1.807) is 7.05 Å². The highest BCUT2D eigenvalue weighted by molar-refractivity contribution is 7.10. The van der Waals surface area contributed by atoms with Gasteiger partial charge in [-0.25, -0.2) is 4.98 Å². The van der Waals surface area contributed by atoms with Crippen molar-refractivity contribution in [3.05, 3.63) is 38.0 Å². The Hall–Kier alpha value is -1.65. The molecule has 0 unspecified atom stereocenters. The van der Waals surface area contributed by atoms with E-state index in [0.717, 1.165) is 42.8 Å². The summed E-state index contributed by atoms with van der Waals surface area (Å²) in [6.45, 7) is 3.81. The SMILES string of the molecule is CN=C(NCCN1CCc2sccc2C1)NCc1nc(C(F)(F)F)cs1. The Morgan fingerprint density at radius 3 is 2.92 bits per heavy atom. The number of thiazole rings is 1. The van der Waals surface area contributed by atoms with Gasteiger partial charge in [0.2, 0.25) is 0 Å². The second kappa shape index (κ2) is 8.36. The Kier molecular flexibility index (Phi) is 6.15. The topological polar surface area (TPSA) is 52.6 Å². The maximum absolute atomic E-state index is 12.6. The number of hydrogen-bond donors (Lipinski definition) is 2. The number of nitrogens with zero attached hydrogens (tertiary/aromatic N) is 3. The zero-order valence-corrected chi connectivity index (χ0v) is 15.9. The first-order chi connectivity index (χ1) is 12.5. The minimum atomic E-state index is -4.40. The summed E-state index contributed by atoms with van der Waals surface area (Å²) in [4.78, 5) is 11.6. The summed E-state index contributed by atoms with van der Waals surface area (Å²) in [5, 5.41) is 9.74. The number of rotatable bonds is 5. The summed E-state index contributed by atoms with van der Waals surface area (Å²) in [6.07, 6.45) is -3.31. The third-order valence-electron chi connectivity index (χ3n) is 4.08. The van der Waals surface area contributed by atoms with Crippen molar-refractivity contribution in [2.75, 3.05) is 26.7 Å². The van der Waals surface area contributed by atoms with E-state index in [2.05, 4.69) is 37.0 Å². The number of hydrogen-bond acceptors (Lipinski definition) is 5. The van der Waals surface area contributed by atoms with Gasteiger partial charge in [0.05, 0.1) is 6.54 Å². The molecule has 3 heterocycles. The van der Waals surface area contributed by atoms with Gasteiger partial charge in [0.25, 0.3) is 0 Å². The Morgan fingerprint density at radius 1 is 1.35 bits per heavy atom. The van der Waals surface area contributed by atoms with Crippen molar-refractivity contribution in [2.45, 2.75) is 25.7 Å². The number of aliphatic imine (C=N–C) groups is 1. The summed E-state index contributed by atoms with van der Waals surface area (Å²) in [5.41, 5.74) is 0.563. The van der Waals surface area contributed by atoms with Crippen LogP contribution in [0.15, 0.2) is 21.8 Å². The molecule has 2 aromatic heterocycles. The maximum Gasteiger partial charge on any atom is 0.434 e. The minimum Gasteiger partial charge on any atom is -0.355 e. The van der Waals surface area contributed by atoms with Crippen LogP contribution in [0.1, 0.15) is 21.1 Å². The number of aromatic nitrogens is 1. The molecule has 5 nitrogen and oxygen atoms in total. The highest BCUT2D eigenvalue weighted by Crippen LogP contribution is 2.29. The fraction of sp³-hybridized carbons (Fsp3) is 0.500. The van der Waals surface area contributed by atoms with Gasteiger partial charge >= 0.3 is 6.18 Å². The van der Waals surface area contributed by atoms with E-state index in [1.807, 2.05) is 11.3 Å². The van der Waals surface area contributed by atoms with Crippen LogP contribution in [0.4, 0.5) is 13.2 Å². The molecule has 2 N–H and O–H groups in total. The van der Waals surface area contributed by atoms with Crippen molar-refractivity contribution >= 4 is 28.6 Å². The highest BCUT2D eigenvalue weighted by Gasteiger charge is 2.33. The van der Waals surface area contributed by atoms with E-state index in [0.29, 0.717) is 17.5 Å². The van der Waals surface area contributed by atoms with Gasteiger partial charge in [-0.05, 0) is 23.4 Å². The molecule has 0 amide bonds. The largest absolute Gasteiger partial charge is 0.434 e. The Bertz CT molecular complexity index is 753. The molecule has 3 rings (SSSR count). The number of guanidine groups is 1. The molecule has 142 valence electrons. The van der Waals surface area contributed by atoms with Crippen LogP contribution in [0.25, 0.3) is 0 Å². The van der Waals surface area contributed by atoms with Gasteiger partial charge < -0.3 is 10.6 Å². The molecule has 10 heteroatoms. The van der Waals surface area contributed by atoms with Crippen LogP contribution in [0.5, 0.6) is 0 Å². The zero-order valence-electron chi connectivity index (χ0n) is 14.3. The van der Waals surface area contributed by atoms with Crippen LogP contribution >= 0.6 is 22.7 Å². The first kappa shape index (κ1) is 19.1. The Balaban J connectivity index is 1.40. The summed E-state index contributed by atoms with van der Waals surface area (Å²) < 4.78 is 37.7.